The van der Waals surface area contributed by atoms with E-state index in [4.69, 9.17) is 4.74 Å². The van der Waals surface area contributed by atoms with Crippen molar-refractivity contribution < 1.29 is 9.53 Å². The Hall–Kier alpha value is -2.49. The lowest BCUT2D eigenvalue weighted by Crippen LogP contribution is -2.32. The largest absolute Gasteiger partial charge is 0.492 e. The number of hydrogen-bond donors (Lipinski definition) is 2. The zero-order valence-electron chi connectivity index (χ0n) is 14.3. The zero-order valence-corrected chi connectivity index (χ0v) is 14.3. The molecule has 24 heavy (non-hydrogen) atoms. The highest BCUT2D eigenvalue weighted by Crippen LogP contribution is 2.25. The molecular formula is C20H24N2O2. The van der Waals surface area contributed by atoms with Gasteiger partial charge in [0.15, 0.2) is 0 Å². The first-order chi connectivity index (χ1) is 11.6. The molecule has 0 saturated carbocycles. The van der Waals surface area contributed by atoms with E-state index in [0.717, 1.165) is 23.4 Å². The van der Waals surface area contributed by atoms with Gasteiger partial charge in [0.1, 0.15) is 12.4 Å². The molecule has 0 aromatic heterocycles. The molecule has 2 amide bonds. The molecule has 0 radical (unpaired) electrons. The summed E-state index contributed by atoms with van der Waals surface area (Å²) < 4.78 is 5.73. The number of amides is 2. The molecule has 0 atom stereocenters. The van der Waals surface area contributed by atoms with E-state index >= 15 is 0 Å². The van der Waals surface area contributed by atoms with E-state index in [1.54, 1.807) is 0 Å². The van der Waals surface area contributed by atoms with Crippen LogP contribution in [0.1, 0.15) is 28.7 Å². The Morgan fingerprint density at radius 3 is 2.75 bits per heavy atom. The Morgan fingerprint density at radius 1 is 1.08 bits per heavy atom. The lowest BCUT2D eigenvalue weighted by atomic mass is 10.1. The molecule has 0 heterocycles. The maximum absolute atomic E-state index is 11.9. The van der Waals surface area contributed by atoms with Gasteiger partial charge >= 0.3 is 6.03 Å². The second-order valence-corrected chi connectivity index (χ2v) is 6.33. The molecule has 0 aliphatic heterocycles. The molecule has 1 aliphatic carbocycles. The standard InChI is InChI=1S/C20H24N2O2/c1-14-6-9-19(15(2)12-14)22-20(23)21-10-11-24-18-8-7-16-4-3-5-17(16)13-18/h6-9,12-13H,3-5,10-11H2,1-2H3,(H2,21,22,23). The first-order valence-electron chi connectivity index (χ1n) is 8.48. The zero-order chi connectivity index (χ0) is 16.9. The van der Waals surface area contributed by atoms with Crippen LogP contribution in [0.25, 0.3) is 0 Å². The van der Waals surface area contributed by atoms with Crippen molar-refractivity contribution in [2.24, 2.45) is 0 Å². The molecule has 1 aliphatic rings. The number of ether oxygens (including phenoxy) is 1. The van der Waals surface area contributed by atoms with Gasteiger partial charge in [0, 0.05) is 5.69 Å². The topological polar surface area (TPSA) is 50.4 Å². The minimum atomic E-state index is -0.209. The predicted molar refractivity (Wildman–Crippen MR) is 96.9 cm³/mol. The summed E-state index contributed by atoms with van der Waals surface area (Å²) in [4.78, 5) is 11.9. The van der Waals surface area contributed by atoms with E-state index in [1.165, 1.54) is 29.5 Å². The fourth-order valence-electron chi connectivity index (χ4n) is 3.09. The van der Waals surface area contributed by atoms with Crippen LogP contribution in [0.5, 0.6) is 5.75 Å². The summed E-state index contributed by atoms with van der Waals surface area (Å²) in [5.41, 5.74) is 5.90. The van der Waals surface area contributed by atoms with E-state index in [9.17, 15) is 4.79 Å². The van der Waals surface area contributed by atoms with Crippen molar-refractivity contribution >= 4 is 11.7 Å². The third-order valence-electron chi connectivity index (χ3n) is 4.36. The van der Waals surface area contributed by atoms with Gasteiger partial charge in [-0.05, 0) is 68.0 Å². The van der Waals surface area contributed by atoms with Crippen molar-refractivity contribution in [3.63, 3.8) is 0 Å². The lowest BCUT2D eigenvalue weighted by molar-refractivity contribution is 0.247. The molecule has 0 fully saturated rings. The maximum Gasteiger partial charge on any atom is 0.319 e. The molecule has 2 aromatic rings. The number of fused-ring (bicyclic) bond motifs is 1. The number of hydrogen-bond acceptors (Lipinski definition) is 2. The second kappa shape index (κ2) is 7.39. The molecule has 4 heteroatoms. The fraction of sp³-hybridized carbons (Fsp3) is 0.350. The van der Waals surface area contributed by atoms with Gasteiger partial charge in [-0.2, -0.15) is 0 Å². The van der Waals surface area contributed by atoms with Gasteiger partial charge < -0.3 is 15.4 Å². The summed E-state index contributed by atoms with van der Waals surface area (Å²) in [6.07, 6.45) is 3.55. The highest BCUT2D eigenvalue weighted by atomic mass is 16.5. The molecule has 3 rings (SSSR count). The van der Waals surface area contributed by atoms with Gasteiger partial charge in [0.05, 0.1) is 6.54 Å². The quantitative estimate of drug-likeness (QED) is 0.817. The number of benzene rings is 2. The first kappa shape index (κ1) is 16.4. The van der Waals surface area contributed by atoms with Crippen LogP contribution in [0.4, 0.5) is 10.5 Å². The van der Waals surface area contributed by atoms with Crippen LogP contribution >= 0.6 is 0 Å². The molecule has 4 nitrogen and oxygen atoms in total. The van der Waals surface area contributed by atoms with E-state index in [-0.39, 0.29) is 6.03 Å². The van der Waals surface area contributed by atoms with Crippen molar-refractivity contribution in [2.45, 2.75) is 33.1 Å². The number of carbonyl (C=O) groups is 1. The van der Waals surface area contributed by atoms with Gasteiger partial charge in [0.2, 0.25) is 0 Å². The molecule has 0 saturated heterocycles. The number of anilines is 1. The second-order valence-electron chi connectivity index (χ2n) is 6.33. The van der Waals surface area contributed by atoms with Gasteiger partial charge in [-0.3, -0.25) is 0 Å². The Labute approximate surface area is 143 Å². The van der Waals surface area contributed by atoms with Crippen LogP contribution in [0.2, 0.25) is 0 Å². The van der Waals surface area contributed by atoms with Crippen LogP contribution in [0, 0.1) is 13.8 Å². The Morgan fingerprint density at radius 2 is 1.92 bits per heavy atom. The number of rotatable bonds is 5. The Kier molecular flexibility index (Phi) is 5.04. The third kappa shape index (κ3) is 4.07. The van der Waals surface area contributed by atoms with Crippen LogP contribution in [0.3, 0.4) is 0 Å². The molecule has 126 valence electrons. The van der Waals surface area contributed by atoms with Crippen molar-refractivity contribution in [1.82, 2.24) is 5.32 Å². The van der Waals surface area contributed by atoms with Crippen LogP contribution in [0.15, 0.2) is 36.4 Å². The van der Waals surface area contributed by atoms with Crippen molar-refractivity contribution in [2.75, 3.05) is 18.5 Å². The Balaban J connectivity index is 1.42. The van der Waals surface area contributed by atoms with Crippen LogP contribution in [-0.2, 0) is 12.8 Å². The van der Waals surface area contributed by atoms with Crippen molar-refractivity contribution in [3.05, 3.63) is 58.7 Å². The average molecular weight is 324 g/mol. The molecule has 2 N–H and O–H groups in total. The summed E-state index contributed by atoms with van der Waals surface area (Å²) >= 11 is 0. The fourth-order valence-corrected chi connectivity index (χ4v) is 3.09. The normalized spacial score (nSPS) is 12.6. The van der Waals surface area contributed by atoms with Crippen molar-refractivity contribution in [3.8, 4) is 5.75 Å². The number of urea groups is 1. The average Bonchev–Trinajstić information content (AvgIpc) is 3.02. The van der Waals surface area contributed by atoms with E-state index in [0.29, 0.717) is 13.2 Å². The van der Waals surface area contributed by atoms with Gasteiger partial charge in [-0.1, -0.05) is 23.8 Å². The monoisotopic (exact) mass is 324 g/mol. The first-order valence-corrected chi connectivity index (χ1v) is 8.48. The summed E-state index contributed by atoms with van der Waals surface area (Å²) in [5.74, 6) is 0.882. The molecule has 0 spiro atoms. The third-order valence-corrected chi connectivity index (χ3v) is 4.36. The minimum absolute atomic E-state index is 0.209. The van der Waals surface area contributed by atoms with Crippen LogP contribution < -0.4 is 15.4 Å². The number of aryl methyl sites for hydroxylation is 4. The van der Waals surface area contributed by atoms with Crippen molar-refractivity contribution in [1.29, 1.82) is 0 Å². The van der Waals surface area contributed by atoms with Gasteiger partial charge in [0.25, 0.3) is 0 Å². The number of nitrogens with one attached hydrogen (secondary N) is 2. The molecule has 2 aromatic carbocycles. The highest BCUT2D eigenvalue weighted by molar-refractivity contribution is 5.90. The highest BCUT2D eigenvalue weighted by Gasteiger charge is 2.11. The van der Waals surface area contributed by atoms with Gasteiger partial charge in [-0.25, -0.2) is 4.79 Å². The molecule has 0 bridgehead atoms. The van der Waals surface area contributed by atoms with Crippen LogP contribution in [-0.4, -0.2) is 19.2 Å². The minimum Gasteiger partial charge on any atom is -0.492 e. The predicted octanol–water partition coefficient (Wildman–Crippen LogP) is 3.99. The smallest absolute Gasteiger partial charge is 0.319 e. The molecule has 0 unspecified atom stereocenters. The van der Waals surface area contributed by atoms with E-state index < -0.39 is 0 Å². The summed E-state index contributed by atoms with van der Waals surface area (Å²) in [5, 5.41) is 5.68. The van der Waals surface area contributed by atoms with Gasteiger partial charge in [-0.15, -0.1) is 0 Å². The lowest BCUT2D eigenvalue weighted by Gasteiger charge is -2.11. The van der Waals surface area contributed by atoms with E-state index in [2.05, 4.69) is 22.8 Å². The molecular weight excluding hydrogens is 300 g/mol. The van der Waals surface area contributed by atoms with E-state index in [1.807, 2.05) is 38.1 Å². The summed E-state index contributed by atoms with van der Waals surface area (Å²) in [6.45, 7) is 4.94. The Bertz CT molecular complexity index is 740. The summed E-state index contributed by atoms with van der Waals surface area (Å²) in [6, 6.07) is 12.0. The maximum atomic E-state index is 11.9. The summed E-state index contributed by atoms with van der Waals surface area (Å²) in [7, 11) is 0. The number of carbonyl (C=O) groups excluding carboxylic acids is 1. The SMILES string of the molecule is Cc1ccc(NC(=O)NCCOc2ccc3c(c2)CCC3)c(C)c1.